The average Bonchev–Trinajstić information content (AvgIpc) is 2.36. The third-order valence-electron chi connectivity index (χ3n) is 4.28. The fourth-order valence-electron chi connectivity index (χ4n) is 2.58. The van der Waals surface area contributed by atoms with E-state index in [1.54, 1.807) is 0 Å². The number of hydrogen-bond donors (Lipinski definition) is 1. The largest absolute Gasteiger partial charge is 0.494 e. The lowest BCUT2D eigenvalue weighted by molar-refractivity contribution is 0.140. The van der Waals surface area contributed by atoms with Crippen LogP contribution in [0.2, 0.25) is 0 Å². The number of benzene rings is 1. The lowest BCUT2D eigenvalue weighted by Gasteiger charge is -2.41. The van der Waals surface area contributed by atoms with Crippen LogP contribution in [0, 0.1) is 5.41 Å². The molecule has 0 aliphatic heterocycles. The topological polar surface area (TPSA) is 35.2 Å². The van der Waals surface area contributed by atoms with Gasteiger partial charge < -0.3 is 10.5 Å². The molecule has 1 aliphatic carbocycles. The predicted molar refractivity (Wildman–Crippen MR) is 83.4 cm³/mol. The molecule has 2 rings (SSSR count). The van der Waals surface area contributed by atoms with E-state index in [0.717, 1.165) is 29.5 Å². The van der Waals surface area contributed by atoms with Crippen molar-refractivity contribution < 1.29 is 4.74 Å². The van der Waals surface area contributed by atoms with Gasteiger partial charge in [0, 0.05) is 10.0 Å². The maximum Gasteiger partial charge on any atom is 0.119 e. The highest BCUT2D eigenvalue weighted by Crippen LogP contribution is 2.40. The smallest absolute Gasteiger partial charge is 0.119 e. The molecule has 1 aromatic rings. The van der Waals surface area contributed by atoms with Crippen molar-refractivity contribution in [2.24, 2.45) is 11.1 Å². The van der Waals surface area contributed by atoms with Gasteiger partial charge in [-0.05, 0) is 61.8 Å². The van der Waals surface area contributed by atoms with Gasteiger partial charge in [-0.25, -0.2) is 0 Å². The van der Waals surface area contributed by atoms with Crippen molar-refractivity contribution in [2.75, 3.05) is 6.61 Å². The van der Waals surface area contributed by atoms with E-state index in [9.17, 15) is 0 Å². The number of nitrogens with two attached hydrogens (primary N) is 1. The lowest BCUT2D eigenvalue weighted by Crippen LogP contribution is -2.46. The second-order valence-electron chi connectivity index (χ2n) is 6.58. The molecule has 2 nitrogen and oxygen atoms in total. The van der Waals surface area contributed by atoms with Crippen LogP contribution in [-0.4, -0.2) is 12.1 Å². The lowest BCUT2D eigenvalue weighted by atomic mass is 9.69. The zero-order chi connectivity index (χ0) is 13.9. The van der Waals surface area contributed by atoms with Gasteiger partial charge in [0.2, 0.25) is 0 Å². The first kappa shape index (κ1) is 14.9. The molecule has 1 aromatic carbocycles. The van der Waals surface area contributed by atoms with Crippen molar-refractivity contribution in [1.29, 1.82) is 0 Å². The highest BCUT2D eigenvalue weighted by Gasteiger charge is 2.34. The molecule has 106 valence electrons. The number of halogens is 1. The number of rotatable bonds is 4. The van der Waals surface area contributed by atoms with Crippen molar-refractivity contribution >= 4 is 15.9 Å². The summed E-state index contributed by atoms with van der Waals surface area (Å²) in [5.74, 6) is 0.919. The highest BCUT2D eigenvalue weighted by molar-refractivity contribution is 9.10. The van der Waals surface area contributed by atoms with Gasteiger partial charge in [-0.15, -0.1) is 0 Å². The van der Waals surface area contributed by atoms with E-state index in [4.69, 9.17) is 10.5 Å². The van der Waals surface area contributed by atoms with Crippen LogP contribution in [0.4, 0.5) is 0 Å². The molecule has 0 heterocycles. The Balaban J connectivity index is 1.78. The van der Waals surface area contributed by atoms with E-state index in [1.165, 1.54) is 12.8 Å². The third kappa shape index (κ3) is 4.50. The van der Waals surface area contributed by atoms with Gasteiger partial charge in [0.15, 0.2) is 0 Å². The molecule has 19 heavy (non-hydrogen) atoms. The number of hydrogen-bond acceptors (Lipinski definition) is 2. The standard InChI is InChI=1S/C16H24BrNO/c1-15(2)7-9-16(18,10-8-15)11-12-19-14-5-3-13(17)4-6-14/h3-6H,7-12,18H2,1-2H3. The van der Waals surface area contributed by atoms with Crippen LogP contribution in [-0.2, 0) is 0 Å². The van der Waals surface area contributed by atoms with Crippen molar-refractivity contribution in [3.8, 4) is 5.75 Å². The molecule has 0 spiro atoms. The van der Waals surface area contributed by atoms with Gasteiger partial charge in [0.25, 0.3) is 0 Å². The summed E-state index contributed by atoms with van der Waals surface area (Å²) in [7, 11) is 0. The maximum absolute atomic E-state index is 6.48. The Bertz CT molecular complexity index is 403. The van der Waals surface area contributed by atoms with Crippen LogP contribution in [0.25, 0.3) is 0 Å². The van der Waals surface area contributed by atoms with Crippen LogP contribution in [0.3, 0.4) is 0 Å². The summed E-state index contributed by atoms with van der Waals surface area (Å²) in [5.41, 5.74) is 6.93. The summed E-state index contributed by atoms with van der Waals surface area (Å²) in [6, 6.07) is 7.96. The fraction of sp³-hybridized carbons (Fsp3) is 0.625. The Labute approximate surface area is 124 Å². The second-order valence-corrected chi connectivity index (χ2v) is 7.49. The molecule has 0 atom stereocenters. The van der Waals surface area contributed by atoms with Gasteiger partial charge in [-0.1, -0.05) is 29.8 Å². The third-order valence-corrected chi connectivity index (χ3v) is 4.81. The normalized spacial score (nSPS) is 21.1. The quantitative estimate of drug-likeness (QED) is 0.883. The molecular weight excluding hydrogens is 302 g/mol. The Morgan fingerprint density at radius 3 is 2.26 bits per heavy atom. The van der Waals surface area contributed by atoms with Gasteiger partial charge >= 0.3 is 0 Å². The van der Waals surface area contributed by atoms with Crippen LogP contribution in [0.15, 0.2) is 28.7 Å². The molecular formula is C16H24BrNO. The molecule has 0 aromatic heterocycles. The van der Waals surface area contributed by atoms with Crippen molar-refractivity contribution in [3.63, 3.8) is 0 Å². The van der Waals surface area contributed by atoms with Crippen LogP contribution < -0.4 is 10.5 Å². The summed E-state index contributed by atoms with van der Waals surface area (Å²) in [5, 5.41) is 0. The minimum absolute atomic E-state index is 0.0229. The Morgan fingerprint density at radius 1 is 1.11 bits per heavy atom. The molecule has 0 unspecified atom stereocenters. The van der Waals surface area contributed by atoms with E-state index in [-0.39, 0.29) is 5.54 Å². The van der Waals surface area contributed by atoms with Crippen LogP contribution >= 0.6 is 15.9 Å². The zero-order valence-corrected chi connectivity index (χ0v) is 13.5. The van der Waals surface area contributed by atoms with Gasteiger partial charge in [0.05, 0.1) is 6.61 Å². The maximum atomic E-state index is 6.48. The Morgan fingerprint density at radius 2 is 1.68 bits per heavy atom. The summed E-state index contributed by atoms with van der Waals surface area (Å²) in [6.07, 6.45) is 5.62. The van der Waals surface area contributed by atoms with Gasteiger partial charge in [-0.3, -0.25) is 0 Å². The molecule has 0 bridgehead atoms. The first-order valence-electron chi connectivity index (χ1n) is 7.06. The molecule has 3 heteroatoms. The minimum Gasteiger partial charge on any atom is -0.494 e. The first-order valence-corrected chi connectivity index (χ1v) is 7.85. The Hall–Kier alpha value is -0.540. The highest BCUT2D eigenvalue weighted by atomic mass is 79.9. The fourth-order valence-corrected chi connectivity index (χ4v) is 2.84. The van der Waals surface area contributed by atoms with Crippen molar-refractivity contribution in [1.82, 2.24) is 0 Å². The molecule has 0 radical (unpaired) electrons. The Kier molecular flexibility index (Phi) is 4.57. The SMILES string of the molecule is CC1(C)CCC(N)(CCOc2ccc(Br)cc2)CC1. The van der Waals surface area contributed by atoms with E-state index in [1.807, 2.05) is 24.3 Å². The van der Waals surface area contributed by atoms with Gasteiger partial charge in [-0.2, -0.15) is 0 Å². The molecule has 0 amide bonds. The average molecular weight is 326 g/mol. The first-order chi connectivity index (χ1) is 8.89. The molecule has 1 saturated carbocycles. The molecule has 2 N–H and O–H groups in total. The summed E-state index contributed by atoms with van der Waals surface area (Å²) >= 11 is 3.42. The van der Waals surface area contributed by atoms with Crippen molar-refractivity contribution in [2.45, 2.75) is 51.5 Å². The molecule has 0 saturated heterocycles. The second kappa shape index (κ2) is 5.84. The van der Waals surface area contributed by atoms with Crippen molar-refractivity contribution in [3.05, 3.63) is 28.7 Å². The monoisotopic (exact) mass is 325 g/mol. The predicted octanol–water partition coefficient (Wildman–Crippen LogP) is 4.52. The van der Waals surface area contributed by atoms with E-state index < -0.39 is 0 Å². The number of ether oxygens (including phenoxy) is 1. The minimum atomic E-state index is -0.0229. The molecule has 1 aliphatic rings. The van der Waals surface area contributed by atoms with E-state index >= 15 is 0 Å². The summed E-state index contributed by atoms with van der Waals surface area (Å²) in [4.78, 5) is 0. The van der Waals surface area contributed by atoms with E-state index in [2.05, 4.69) is 29.8 Å². The molecule has 1 fully saturated rings. The summed E-state index contributed by atoms with van der Waals surface area (Å²) in [6.45, 7) is 5.38. The van der Waals surface area contributed by atoms with Gasteiger partial charge in [0.1, 0.15) is 5.75 Å². The zero-order valence-electron chi connectivity index (χ0n) is 11.9. The summed E-state index contributed by atoms with van der Waals surface area (Å²) < 4.78 is 6.85. The van der Waals surface area contributed by atoms with Crippen LogP contribution in [0.1, 0.15) is 46.0 Å². The van der Waals surface area contributed by atoms with E-state index in [0.29, 0.717) is 12.0 Å². The van der Waals surface area contributed by atoms with Crippen LogP contribution in [0.5, 0.6) is 5.75 Å².